The summed E-state index contributed by atoms with van der Waals surface area (Å²) in [6, 6.07) is 0. The highest BCUT2D eigenvalue weighted by Crippen LogP contribution is 2.47. The average Bonchev–Trinajstić information content (AvgIpc) is 2.97. The Hall–Kier alpha value is -4.36. The average molecular weight is 705 g/mol. The van der Waals surface area contributed by atoms with E-state index in [1.54, 1.807) is 0 Å². The van der Waals surface area contributed by atoms with Crippen LogP contribution in [0.4, 0.5) is 0 Å². The van der Waals surface area contributed by atoms with Crippen LogP contribution in [-0.4, -0.2) is 81.1 Å². The van der Waals surface area contributed by atoms with E-state index >= 15 is 0 Å². The van der Waals surface area contributed by atoms with Gasteiger partial charge in [-0.3, -0.25) is 19.2 Å². The fraction of sp³-hybridized carbons (Fsp3) is 0.667. The van der Waals surface area contributed by atoms with Gasteiger partial charge in [-0.25, -0.2) is 9.59 Å². The summed E-state index contributed by atoms with van der Waals surface area (Å²) in [6.07, 6.45) is -0.693. The van der Waals surface area contributed by atoms with E-state index in [4.69, 9.17) is 28.4 Å². The molecule has 14 nitrogen and oxygen atoms in total. The molecular weight excluding hydrogens is 652 g/mol. The van der Waals surface area contributed by atoms with Gasteiger partial charge in [0, 0.05) is 11.1 Å². The van der Waals surface area contributed by atoms with E-state index in [0.717, 1.165) is 28.4 Å². The predicted octanol–water partition coefficient (Wildman–Crippen LogP) is 3.39. The standard InChI is InChI=1S/C36H52N2O12/c1-33(2,3)15-35(7,8)37-27-21(31(43)47-13)17(29(41)45-11)19-24(40)26-20(23(39)25(19)49-27)18(30(42)46-12)22(32(44)48-14)28(50-26)38-36(9,10)16-34(4,5)6/h17-19,25,37-38H,15-16H2,1-14H3. The van der Waals surface area contributed by atoms with Crippen LogP contribution in [0.3, 0.4) is 0 Å². The number of nitrogens with one attached hydrogen (secondary N) is 2. The molecule has 14 heteroatoms. The lowest BCUT2D eigenvalue weighted by atomic mass is 9.68. The highest BCUT2D eigenvalue weighted by molar-refractivity contribution is 6.20. The Bertz CT molecular complexity index is 1500. The first-order valence-corrected chi connectivity index (χ1v) is 16.4. The van der Waals surface area contributed by atoms with Gasteiger partial charge in [0.15, 0.2) is 17.7 Å². The lowest BCUT2D eigenvalue weighted by Gasteiger charge is -2.44. The van der Waals surface area contributed by atoms with Crippen molar-refractivity contribution in [3.05, 3.63) is 34.2 Å². The highest BCUT2D eigenvalue weighted by Gasteiger charge is 2.61. The SMILES string of the molecule is COC(=O)C1=C(NC(C)(C)CC(C)(C)C)OC2=C(C(=O)C3OC(NC(C)(C)CC(C)(C)C)=C(C(=O)OC)C(C(=O)OC)C3C2=O)C1C(=O)OC. The number of esters is 4. The third-order valence-electron chi connectivity index (χ3n) is 8.36. The predicted molar refractivity (Wildman–Crippen MR) is 178 cm³/mol. The number of rotatable bonds is 10. The highest BCUT2D eigenvalue weighted by atomic mass is 16.6. The van der Waals surface area contributed by atoms with Gasteiger partial charge in [-0.15, -0.1) is 0 Å². The lowest BCUT2D eigenvalue weighted by molar-refractivity contribution is -0.161. The van der Waals surface area contributed by atoms with Crippen molar-refractivity contribution in [2.75, 3.05) is 28.4 Å². The van der Waals surface area contributed by atoms with Gasteiger partial charge in [0.25, 0.3) is 0 Å². The lowest BCUT2D eigenvalue weighted by Crippen LogP contribution is -2.58. The van der Waals surface area contributed by atoms with Crippen molar-refractivity contribution in [1.29, 1.82) is 0 Å². The number of ether oxygens (including phenoxy) is 6. The Morgan fingerprint density at radius 1 is 0.640 bits per heavy atom. The molecule has 2 N–H and O–H groups in total. The maximum atomic E-state index is 14.6. The molecule has 2 heterocycles. The fourth-order valence-electron chi connectivity index (χ4n) is 7.56. The molecule has 278 valence electrons. The van der Waals surface area contributed by atoms with Crippen LogP contribution in [0.2, 0.25) is 0 Å². The number of fused-ring (bicyclic) bond motifs is 1. The molecule has 0 radical (unpaired) electrons. The van der Waals surface area contributed by atoms with Crippen LogP contribution < -0.4 is 10.6 Å². The van der Waals surface area contributed by atoms with Gasteiger partial charge in [0.05, 0.1) is 39.9 Å². The molecule has 3 rings (SSSR count). The Kier molecular flexibility index (Phi) is 11.3. The molecule has 0 bridgehead atoms. The zero-order valence-corrected chi connectivity index (χ0v) is 31.6. The summed E-state index contributed by atoms with van der Waals surface area (Å²) >= 11 is 0. The Balaban J connectivity index is 2.32. The minimum absolute atomic E-state index is 0.214. The van der Waals surface area contributed by atoms with Crippen molar-refractivity contribution in [1.82, 2.24) is 10.6 Å². The number of methoxy groups -OCH3 is 4. The normalized spacial score (nSPS) is 22.8. The van der Waals surface area contributed by atoms with Crippen molar-refractivity contribution in [3.8, 4) is 0 Å². The molecule has 0 aromatic rings. The van der Waals surface area contributed by atoms with E-state index in [1.807, 2.05) is 69.2 Å². The number of carbonyl (C=O) groups excluding carboxylic acids is 6. The fourth-order valence-corrected chi connectivity index (χ4v) is 7.56. The second-order valence-electron chi connectivity index (χ2n) is 16.6. The summed E-state index contributed by atoms with van der Waals surface area (Å²) in [7, 11) is 4.34. The van der Waals surface area contributed by atoms with Crippen molar-refractivity contribution >= 4 is 35.4 Å². The van der Waals surface area contributed by atoms with Gasteiger partial charge in [0.1, 0.15) is 23.0 Å². The quantitative estimate of drug-likeness (QED) is 0.249. The van der Waals surface area contributed by atoms with Crippen LogP contribution in [0.15, 0.2) is 34.2 Å². The third-order valence-corrected chi connectivity index (χ3v) is 8.36. The third kappa shape index (κ3) is 8.32. The number of Topliss-reactive ketones (excluding diaryl/α,β-unsaturated/α-hetero) is 2. The van der Waals surface area contributed by atoms with Gasteiger partial charge < -0.3 is 39.1 Å². The monoisotopic (exact) mass is 704 g/mol. The molecule has 0 aromatic heterocycles. The summed E-state index contributed by atoms with van der Waals surface area (Å²) < 4.78 is 32.5. The number of allylic oxidation sites excluding steroid dienone is 1. The van der Waals surface area contributed by atoms with E-state index in [0.29, 0.717) is 12.8 Å². The van der Waals surface area contributed by atoms with E-state index in [9.17, 15) is 28.8 Å². The Morgan fingerprint density at radius 3 is 1.54 bits per heavy atom. The van der Waals surface area contributed by atoms with Gasteiger partial charge in [-0.05, 0) is 51.4 Å². The van der Waals surface area contributed by atoms with Crippen molar-refractivity contribution in [3.63, 3.8) is 0 Å². The molecular formula is C36H52N2O12. The van der Waals surface area contributed by atoms with Crippen LogP contribution >= 0.6 is 0 Å². The number of ketones is 2. The summed E-state index contributed by atoms with van der Waals surface area (Å²) in [4.78, 5) is 83.1. The molecule has 4 atom stereocenters. The topological polar surface area (TPSA) is 182 Å². The smallest absolute Gasteiger partial charge is 0.340 e. The minimum atomic E-state index is -1.78. The van der Waals surface area contributed by atoms with Crippen LogP contribution in [0.1, 0.15) is 82.1 Å². The summed E-state index contributed by atoms with van der Waals surface area (Å²) in [5.74, 6) is -12.3. The van der Waals surface area contributed by atoms with E-state index in [-0.39, 0.29) is 28.2 Å². The second kappa shape index (κ2) is 14.1. The molecule has 2 aliphatic heterocycles. The van der Waals surface area contributed by atoms with Gasteiger partial charge >= 0.3 is 23.9 Å². The Morgan fingerprint density at radius 2 is 1.10 bits per heavy atom. The number of carbonyl (C=O) groups is 6. The largest absolute Gasteiger partial charge is 0.469 e. The van der Waals surface area contributed by atoms with Gasteiger partial charge in [-0.2, -0.15) is 0 Å². The zero-order valence-electron chi connectivity index (χ0n) is 31.6. The minimum Gasteiger partial charge on any atom is -0.469 e. The van der Waals surface area contributed by atoms with Crippen molar-refractivity contribution in [2.45, 2.75) is 99.3 Å². The molecule has 0 fully saturated rings. The molecule has 0 amide bonds. The Labute approximate surface area is 293 Å². The second-order valence-corrected chi connectivity index (χ2v) is 16.6. The van der Waals surface area contributed by atoms with Crippen LogP contribution in [0.25, 0.3) is 0 Å². The first kappa shape index (κ1) is 40.1. The maximum absolute atomic E-state index is 14.6. The van der Waals surface area contributed by atoms with Crippen LogP contribution in [0, 0.1) is 28.6 Å². The number of hydrogen-bond acceptors (Lipinski definition) is 14. The summed E-state index contributed by atoms with van der Waals surface area (Å²) in [5, 5.41) is 6.29. The molecule has 3 aliphatic rings. The van der Waals surface area contributed by atoms with Crippen LogP contribution in [0.5, 0.6) is 0 Å². The summed E-state index contributed by atoms with van der Waals surface area (Å²) in [6.45, 7) is 19.4. The zero-order chi connectivity index (χ0) is 38.3. The molecule has 50 heavy (non-hydrogen) atoms. The van der Waals surface area contributed by atoms with Crippen molar-refractivity contribution in [2.24, 2.45) is 28.6 Å². The first-order chi connectivity index (χ1) is 22.8. The van der Waals surface area contributed by atoms with E-state index in [2.05, 4.69) is 10.6 Å². The summed E-state index contributed by atoms with van der Waals surface area (Å²) in [5.41, 5.74) is -3.27. The molecule has 0 spiro atoms. The first-order valence-electron chi connectivity index (χ1n) is 16.4. The molecule has 4 unspecified atom stereocenters. The maximum Gasteiger partial charge on any atom is 0.340 e. The molecule has 0 saturated heterocycles. The number of hydrogen-bond donors (Lipinski definition) is 2. The molecule has 1 aliphatic carbocycles. The van der Waals surface area contributed by atoms with Gasteiger partial charge in [0.2, 0.25) is 17.4 Å². The molecule has 0 aromatic carbocycles. The van der Waals surface area contributed by atoms with Crippen molar-refractivity contribution < 1.29 is 57.2 Å². The van der Waals surface area contributed by atoms with E-state index < -0.39 is 87.3 Å². The van der Waals surface area contributed by atoms with Crippen LogP contribution in [-0.2, 0) is 57.2 Å². The van der Waals surface area contributed by atoms with Gasteiger partial charge in [-0.1, -0.05) is 41.5 Å². The van der Waals surface area contributed by atoms with E-state index in [1.165, 1.54) is 0 Å². The molecule has 0 saturated carbocycles.